The lowest BCUT2D eigenvalue weighted by Crippen LogP contribution is -2.70. The third-order valence-corrected chi connectivity index (χ3v) is 21.3. The van der Waals surface area contributed by atoms with Crippen molar-refractivity contribution in [3.05, 3.63) is 0 Å². The monoisotopic (exact) mass is 1980 g/mol. The van der Waals surface area contributed by atoms with E-state index < -0.39 is 371 Å². The van der Waals surface area contributed by atoms with Crippen molar-refractivity contribution in [2.75, 3.05) is 26.4 Å². The predicted octanol–water partition coefficient (Wildman–Crippen LogP) is -18.6. The summed E-state index contributed by atoms with van der Waals surface area (Å²) in [5, 5.41) is 196. The molecule has 0 aromatic heterocycles. The van der Waals surface area contributed by atoms with Crippen LogP contribution in [-0.2, 0) is 197 Å². The highest BCUT2D eigenvalue weighted by Gasteiger charge is 2.62. The minimum Gasteiger partial charge on any atom is -0.479 e. The lowest BCUT2D eigenvalue weighted by molar-refractivity contribution is -0.466. The fraction of sp³-hybridized carbons (Fsp3) is 0.857. The highest BCUT2D eigenvalue weighted by atomic mass is 32.3. The standard InChI is InChI=1S/C56H86N4O63S5/c1-9(61)57-17-34(21(65)13(105-49(17)85)5-101-124(86,87)88)109-54-30(74)26(70)38(42(114-54)46(79)80)117-121-51-19(59-11(3)63)36(23(67)15(107-51)7-103-126(92,93)94)111-55-31(75)27(71)39(43(115-55)47(81)82)119-122-52-20(60-12(4)64)37(33(123-128(98,99)100)16(108-52)8-104-127(95,96)97)112-56-32(76)28(72)40(44(116-56)48(83)84)118-120-50-18(58-10(2)62)35(22(66)14(106-50)6-102-125(89,90)91)110-53-29(73)24(68)25(69)41(113-53)45(77)78/h13-44,49-56,65-76,85H,5-8H2,1-4H3,(H,57,61)(H,58,62)(H,59,63)(H,60,64)(H,77,78)(H,79,80)(H,81,82)(H,83,84)(H,86,87,88)(H,89,90,91)(H,92,93,94)(H,95,96,97)(H,98,99,100)/t13-,14-,15-,16-,17-,18-,19-,20-,21+,22+,23+,24+,25+,26-,27-,28-,29-,30-,31-,32-,33+,34-,35-,36-,37-,38+,39+,40+,41+,42+,43+,44+,49+,50-,51-,52-,53-,54-,55-,56-/m1/s1. The molecule has 0 aliphatic carbocycles. The Bertz CT molecular complexity index is 4450. The number of hydrogen-bond acceptors (Lipinski definition) is 54. The molecule has 26 N–H and O–H groups in total. The van der Waals surface area contributed by atoms with Gasteiger partial charge in [0.05, 0.1) is 26.4 Å². The average Bonchev–Trinajstić information content (AvgIpc) is 0.764. The molecule has 8 fully saturated rings. The fourth-order valence-electron chi connectivity index (χ4n) is 13.4. The van der Waals surface area contributed by atoms with Gasteiger partial charge in [-0.1, -0.05) is 0 Å². The van der Waals surface area contributed by atoms with Gasteiger partial charge < -0.3 is 165 Å². The van der Waals surface area contributed by atoms with Gasteiger partial charge in [-0.3, -0.25) is 41.9 Å². The van der Waals surface area contributed by atoms with Crippen LogP contribution in [0.15, 0.2) is 0 Å². The Labute approximate surface area is 714 Å². The van der Waals surface area contributed by atoms with E-state index in [1.807, 2.05) is 10.6 Å². The Morgan fingerprint density at radius 2 is 0.508 bits per heavy atom. The van der Waals surface area contributed by atoms with Crippen LogP contribution in [0.25, 0.3) is 0 Å². The highest BCUT2D eigenvalue weighted by Crippen LogP contribution is 2.40. The summed E-state index contributed by atoms with van der Waals surface area (Å²) in [7, 11) is -28.4. The van der Waals surface area contributed by atoms with Crippen LogP contribution in [0.4, 0.5) is 0 Å². The van der Waals surface area contributed by atoms with Crippen molar-refractivity contribution in [2.45, 2.75) is 273 Å². The van der Waals surface area contributed by atoms with E-state index in [1.165, 1.54) is 0 Å². The van der Waals surface area contributed by atoms with E-state index >= 15 is 0 Å². The van der Waals surface area contributed by atoms with Gasteiger partial charge >= 0.3 is 75.9 Å². The van der Waals surface area contributed by atoms with Crippen molar-refractivity contribution in [3.63, 3.8) is 0 Å². The van der Waals surface area contributed by atoms with Gasteiger partial charge in [-0.05, 0) is 0 Å². The first kappa shape index (κ1) is 107. The number of aliphatic hydroxyl groups excluding tert-OH is 13. The minimum atomic E-state index is -6.13. The van der Waals surface area contributed by atoms with Gasteiger partial charge in [0.25, 0.3) is 0 Å². The van der Waals surface area contributed by atoms with Crippen molar-refractivity contribution in [2.24, 2.45) is 0 Å². The van der Waals surface area contributed by atoms with E-state index in [4.69, 9.17) is 90.7 Å². The van der Waals surface area contributed by atoms with E-state index in [-0.39, 0.29) is 0 Å². The SMILES string of the molecule is CC(=O)N[C@@H]1[C@@H](O[C@@H]2O[C@H](C(=O)O)[C@@H](OO[C@H]3O[C@H](COS(=O)(=O)O)[C@H](O)[C@H](O[C@@H]4O[C@H](C(=O)O)[C@@H](OO[C@H]5O[C@H](COS(=O)(=O)O)[C@H](OS(=O)(=O)O)[C@H](O[C@@H]6O[C@H](C(=O)O)[C@@H](OO[C@H]7O[C@H](COS(=O)(=O)O)[C@H](O)[C@H](O[C@@H]8O[C@H](C(=O)O)[C@@H](O)[C@H](O)[C@H]8O)[C@H]7NC(C)=O)[C@H](O)[C@H]6O)[C@H]5NC(C)=O)[C@H](O)[C@H]4O)[C@H]3NC(C)=O)[C@H](O)[C@H]2O)[C@@H](O)[C@@H](COS(=O)(=O)O)O[C@@H]1O. The molecule has 0 radical (unpaired) electrons. The first-order valence-electron chi connectivity index (χ1n) is 35.9. The maximum atomic E-state index is 13.3. The number of aliphatic carboxylic acids is 4. The second-order valence-corrected chi connectivity index (χ2v) is 33.7. The highest BCUT2D eigenvalue weighted by molar-refractivity contribution is 7.81. The van der Waals surface area contributed by atoms with Crippen molar-refractivity contribution >= 4 is 99.5 Å². The second kappa shape index (κ2) is 43.9. The number of carbonyl (C=O) groups is 8. The van der Waals surface area contributed by atoms with Crippen LogP contribution in [0.1, 0.15) is 27.7 Å². The summed E-state index contributed by atoms with van der Waals surface area (Å²) in [6, 6.07) is -9.25. The van der Waals surface area contributed by atoms with Crippen LogP contribution < -0.4 is 21.3 Å². The zero-order chi connectivity index (χ0) is 96.1. The van der Waals surface area contributed by atoms with Gasteiger partial charge in [0, 0.05) is 27.7 Å². The van der Waals surface area contributed by atoms with Crippen LogP contribution >= 0.6 is 0 Å². The maximum Gasteiger partial charge on any atom is 0.397 e. The molecule has 8 saturated heterocycles. The van der Waals surface area contributed by atoms with E-state index in [9.17, 15) is 185 Å². The van der Waals surface area contributed by atoms with Gasteiger partial charge in [0.15, 0.2) is 74.2 Å². The predicted molar refractivity (Wildman–Crippen MR) is 368 cm³/mol. The first-order chi connectivity index (χ1) is 59.1. The Hall–Kier alpha value is -6.13. The van der Waals surface area contributed by atoms with Gasteiger partial charge in [-0.2, -0.15) is 42.1 Å². The summed E-state index contributed by atoms with van der Waals surface area (Å²) in [5.74, 6) is -13.8. The third kappa shape index (κ3) is 28.0. The molecule has 0 bridgehead atoms. The van der Waals surface area contributed by atoms with Crippen molar-refractivity contribution in [1.29, 1.82) is 0 Å². The lowest BCUT2D eigenvalue weighted by Gasteiger charge is -2.49. The van der Waals surface area contributed by atoms with E-state index in [0.29, 0.717) is 13.8 Å². The summed E-state index contributed by atoms with van der Waals surface area (Å²) < 4.78 is 254. The van der Waals surface area contributed by atoms with Gasteiger partial charge in [-0.25, -0.2) is 69.4 Å². The molecule has 738 valence electrons. The molecule has 0 aromatic rings. The Morgan fingerprint density at radius 3 is 0.797 bits per heavy atom. The molecule has 40 atom stereocenters. The number of ether oxygens (including phenoxy) is 12. The second-order valence-electron chi connectivity index (χ2n) is 28.3. The molecule has 72 heteroatoms. The number of nitrogens with one attached hydrogen (secondary N) is 4. The molecular weight excluding hydrogens is 1900 g/mol. The summed E-state index contributed by atoms with van der Waals surface area (Å²) in [4.78, 5) is 134. The molecular formula is C56H86N4O63S5. The van der Waals surface area contributed by atoms with Gasteiger partial charge in [0.1, 0.15) is 152 Å². The van der Waals surface area contributed by atoms with E-state index in [2.05, 4.69) is 31.5 Å². The van der Waals surface area contributed by atoms with Crippen molar-refractivity contribution < 1.29 is 297 Å². The molecule has 4 amide bonds. The smallest absolute Gasteiger partial charge is 0.397 e. The molecule has 8 aliphatic rings. The van der Waals surface area contributed by atoms with Gasteiger partial charge in [0.2, 0.25) is 42.5 Å². The molecule has 128 heavy (non-hydrogen) atoms. The van der Waals surface area contributed by atoms with Crippen LogP contribution in [0.2, 0.25) is 0 Å². The number of rotatable bonds is 39. The maximum absolute atomic E-state index is 13.3. The lowest BCUT2D eigenvalue weighted by atomic mass is 9.95. The third-order valence-electron chi connectivity index (χ3n) is 19.0. The number of hydrogen-bond donors (Lipinski definition) is 26. The number of amides is 4. The molecule has 0 aromatic carbocycles. The number of aliphatic hydroxyl groups is 13. The molecule has 67 nitrogen and oxygen atoms in total. The van der Waals surface area contributed by atoms with Crippen LogP contribution in [0.3, 0.4) is 0 Å². The topological polar surface area (TPSA) is 1010 Å². The molecule has 0 saturated carbocycles. The van der Waals surface area contributed by atoms with E-state index in [0.717, 1.165) is 13.8 Å². The Balaban J connectivity index is 1.06. The van der Waals surface area contributed by atoms with Crippen LogP contribution in [0, 0.1) is 0 Å². The first-order valence-corrected chi connectivity index (χ1v) is 42.7. The van der Waals surface area contributed by atoms with Gasteiger partial charge in [-0.15, -0.1) is 0 Å². The van der Waals surface area contributed by atoms with Crippen molar-refractivity contribution in [3.8, 4) is 0 Å². The fourth-order valence-corrected chi connectivity index (χ4v) is 15.2. The molecule has 8 aliphatic heterocycles. The zero-order valence-electron chi connectivity index (χ0n) is 64.5. The number of carboxylic acids is 4. The Morgan fingerprint density at radius 1 is 0.258 bits per heavy atom. The van der Waals surface area contributed by atoms with E-state index in [1.54, 1.807) is 0 Å². The molecule has 8 heterocycles. The summed E-state index contributed by atoms with van der Waals surface area (Å²) in [6.07, 6.45) is -95.3. The zero-order valence-corrected chi connectivity index (χ0v) is 68.6. The quantitative estimate of drug-likeness (QED) is 0.0154. The summed E-state index contributed by atoms with van der Waals surface area (Å²) >= 11 is 0. The number of carbonyl (C=O) groups excluding carboxylic acids is 4. The molecule has 0 spiro atoms. The molecule has 0 unspecified atom stereocenters. The largest absolute Gasteiger partial charge is 0.479 e. The van der Waals surface area contributed by atoms with Crippen LogP contribution in [0.5, 0.6) is 0 Å². The summed E-state index contributed by atoms with van der Waals surface area (Å²) in [6.45, 7) is -3.40. The normalized spacial score (nSPS) is 41.1. The summed E-state index contributed by atoms with van der Waals surface area (Å²) in [5.41, 5.74) is 0. The van der Waals surface area contributed by atoms with Crippen molar-refractivity contribution in [1.82, 2.24) is 21.3 Å². The molecule has 8 rings (SSSR count). The average molecular weight is 1980 g/mol. The minimum absolute atomic E-state index is 0.595. The Kier molecular flexibility index (Phi) is 36.8. The number of carboxylic acid groups (broad SMARTS) is 4. The van der Waals surface area contributed by atoms with Crippen LogP contribution in [-0.4, -0.2) is 471 Å².